The molecule has 2 rings (SSSR count). The lowest BCUT2D eigenvalue weighted by atomic mass is 9.77. The number of benzene rings is 2. The molecule has 0 spiro atoms. The van der Waals surface area contributed by atoms with E-state index < -0.39 is 7.12 Å². The van der Waals surface area contributed by atoms with Crippen LogP contribution in [0.5, 0.6) is 11.5 Å². The molecule has 0 aromatic heterocycles. The maximum atomic E-state index is 6.73. The molecule has 0 atom stereocenters. The second-order valence-electron chi connectivity index (χ2n) is 14.2. The Morgan fingerprint density at radius 1 is 0.471 bits per heavy atom. The quantitative estimate of drug-likeness (QED) is 0.420. The topological polar surface area (TPSA) is 18.5 Å². The van der Waals surface area contributed by atoms with Crippen LogP contribution in [-0.2, 0) is 21.7 Å². The average Bonchev–Trinajstić information content (AvgIpc) is 2.60. The summed E-state index contributed by atoms with van der Waals surface area (Å²) in [7, 11) is -0.435. The smallest absolute Gasteiger partial charge is 0.525 e. The van der Waals surface area contributed by atoms with Gasteiger partial charge in [-0.15, -0.1) is 0 Å². The van der Waals surface area contributed by atoms with Crippen molar-refractivity contribution in [3.05, 3.63) is 57.6 Å². The summed E-state index contributed by atoms with van der Waals surface area (Å²) in [6.45, 7) is 33.4. The van der Waals surface area contributed by atoms with Gasteiger partial charge in [0, 0.05) is 0 Å². The Kier molecular flexibility index (Phi) is 7.74. The van der Waals surface area contributed by atoms with Gasteiger partial charge in [-0.05, 0) is 64.6 Å². The molecule has 0 heterocycles. The van der Waals surface area contributed by atoms with Crippen LogP contribution >= 0.6 is 0 Å². The van der Waals surface area contributed by atoms with E-state index in [1.165, 1.54) is 33.4 Å². The second-order valence-corrected chi connectivity index (χ2v) is 14.2. The molecule has 3 heteroatoms. The van der Waals surface area contributed by atoms with Gasteiger partial charge >= 0.3 is 7.12 Å². The molecule has 2 nitrogen and oxygen atoms in total. The molecule has 2 aromatic rings. The zero-order valence-corrected chi connectivity index (χ0v) is 24.7. The fraction of sp³-hybridized carbons (Fsp3) is 0.613. The molecule has 0 N–H and O–H groups in total. The van der Waals surface area contributed by atoms with Crippen molar-refractivity contribution in [2.24, 2.45) is 0 Å². The maximum Gasteiger partial charge on any atom is 0.591 e. The molecule has 0 aliphatic carbocycles. The third-order valence-electron chi connectivity index (χ3n) is 6.27. The van der Waals surface area contributed by atoms with E-state index in [9.17, 15) is 0 Å². The van der Waals surface area contributed by atoms with Crippen LogP contribution in [0.3, 0.4) is 0 Å². The normalized spacial score (nSPS) is 13.1. The van der Waals surface area contributed by atoms with Crippen molar-refractivity contribution in [1.29, 1.82) is 0 Å². The van der Waals surface area contributed by atoms with E-state index in [1.54, 1.807) is 0 Å². The molecule has 0 fully saturated rings. The van der Waals surface area contributed by atoms with Crippen LogP contribution in [-0.4, -0.2) is 7.12 Å². The van der Waals surface area contributed by atoms with E-state index in [2.05, 4.69) is 121 Å². The largest absolute Gasteiger partial charge is 0.591 e. The molecule has 0 amide bonds. The Bertz CT molecular complexity index is 868. The van der Waals surface area contributed by atoms with Crippen LogP contribution in [0.4, 0.5) is 0 Å². The van der Waals surface area contributed by atoms with Crippen LogP contribution < -0.4 is 9.31 Å². The highest BCUT2D eigenvalue weighted by Crippen LogP contribution is 2.43. The van der Waals surface area contributed by atoms with Gasteiger partial charge in [0.25, 0.3) is 0 Å². The van der Waals surface area contributed by atoms with Gasteiger partial charge in [-0.3, -0.25) is 0 Å². The van der Waals surface area contributed by atoms with Gasteiger partial charge in [0.15, 0.2) is 0 Å². The van der Waals surface area contributed by atoms with Crippen molar-refractivity contribution in [3.63, 3.8) is 0 Å². The van der Waals surface area contributed by atoms with Crippen LogP contribution in [0.25, 0.3) is 0 Å². The van der Waals surface area contributed by atoms with E-state index in [0.29, 0.717) is 0 Å². The van der Waals surface area contributed by atoms with E-state index in [4.69, 9.17) is 9.31 Å². The average molecular weight is 465 g/mol. The lowest BCUT2D eigenvalue weighted by Gasteiger charge is -2.33. The zero-order chi connectivity index (χ0) is 26.4. The van der Waals surface area contributed by atoms with Gasteiger partial charge in [0.1, 0.15) is 11.5 Å². The third-order valence-corrected chi connectivity index (χ3v) is 6.27. The lowest BCUT2D eigenvalue weighted by molar-refractivity contribution is 0.393. The Labute approximate surface area is 211 Å². The second kappa shape index (κ2) is 9.28. The first kappa shape index (κ1) is 28.3. The summed E-state index contributed by atoms with van der Waals surface area (Å²) in [5, 5.41) is 0. The molecule has 0 aliphatic heterocycles. The van der Waals surface area contributed by atoms with Crippen molar-refractivity contribution in [3.8, 4) is 11.5 Å². The van der Waals surface area contributed by atoms with Gasteiger partial charge in [-0.1, -0.05) is 118 Å². The minimum atomic E-state index is -0.435. The molecule has 0 radical (unpaired) electrons. The molecule has 0 saturated carbocycles. The number of hydrogen-bond acceptors (Lipinski definition) is 2. The highest BCUT2D eigenvalue weighted by Gasteiger charge is 2.33. The van der Waals surface area contributed by atoms with Gasteiger partial charge in [0.05, 0.1) is 0 Å². The SMILES string of the molecule is CB(Oc1c(C(C)(C)C)cc(C)cc1C(C)(C)C)Oc1c(C(C)(C)C)cc(C)cc1C(C)(C)C. The molecule has 34 heavy (non-hydrogen) atoms. The van der Waals surface area contributed by atoms with Crippen molar-refractivity contribution in [2.45, 2.75) is 125 Å². The number of hydrogen-bond donors (Lipinski definition) is 0. The van der Waals surface area contributed by atoms with Crippen LogP contribution in [0.2, 0.25) is 6.82 Å². The standard InChI is InChI=1S/C31H49BO2/c1-20-16-22(28(3,4)5)26(23(17-20)29(6,7)8)33-32(15)34-27-24(30(9,10)11)18-21(2)19-25(27)31(12,13)14/h16-19H,1-15H3. The monoisotopic (exact) mass is 464 g/mol. The Morgan fingerprint density at radius 3 is 0.853 bits per heavy atom. The minimum Gasteiger partial charge on any atom is -0.525 e. The fourth-order valence-corrected chi connectivity index (χ4v) is 4.38. The summed E-state index contributed by atoms with van der Waals surface area (Å²) >= 11 is 0. The molecule has 0 unspecified atom stereocenters. The van der Waals surface area contributed by atoms with Crippen molar-refractivity contribution < 1.29 is 9.31 Å². The van der Waals surface area contributed by atoms with E-state index >= 15 is 0 Å². The van der Waals surface area contributed by atoms with E-state index in [1.807, 2.05) is 6.82 Å². The summed E-state index contributed by atoms with van der Waals surface area (Å²) < 4.78 is 13.5. The highest BCUT2D eigenvalue weighted by molar-refractivity contribution is 6.44. The van der Waals surface area contributed by atoms with Crippen molar-refractivity contribution >= 4 is 7.12 Å². The fourth-order valence-electron chi connectivity index (χ4n) is 4.38. The highest BCUT2D eigenvalue weighted by atomic mass is 16.6. The molecule has 0 saturated heterocycles. The summed E-state index contributed by atoms with van der Waals surface area (Å²) in [4.78, 5) is 0. The summed E-state index contributed by atoms with van der Waals surface area (Å²) in [5.74, 6) is 1.92. The van der Waals surface area contributed by atoms with E-state index in [-0.39, 0.29) is 21.7 Å². The molecular weight excluding hydrogens is 415 g/mol. The first-order valence-corrected chi connectivity index (χ1v) is 12.8. The van der Waals surface area contributed by atoms with Gasteiger partial charge < -0.3 is 9.31 Å². The number of rotatable bonds is 4. The predicted molar refractivity (Wildman–Crippen MR) is 150 cm³/mol. The van der Waals surface area contributed by atoms with Gasteiger partial charge in [0.2, 0.25) is 0 Å². The maximum absolute atomic E-state index is 6.73. The van der Waals surface area contributed by atoms with E-state index in [0.717, 1.165) is 11.5 Å². The number of aryl methyl sites for hydroxylation is 2. The summed E-state index contributed by atoms with van der Waals surface area (Å²) in [5.41, 5.74) is 7.26. The molecule has 2 aromatic carbocycles. The van der Waals surface area contributed by atoms with Gasteiger partial charge in [-0.25, -0.2) is 0 Å². The summed E-state index contributed by atoms with van der Waals surface area (Å²) in [6, 6.07) is 9.07. The van der Waals surface area contributed by atoms with Crippen LogP contribution in [0, 0.1) is 13.8 Å². The molecule has 188 valence electrons. The first-order chi connectivity index (χ1) is 15.1. The van der Waals surface area contributed by atoms with Gasteiger partial charge in [-0.2, -0.15) is 0 Å². The van der Waals surface area contributed by atoms with Crippen molar-refractivity contribution in [2.75, 3.05) is 0 Å². The Morgan fingerprint density at radius 2 is 0.676 bits per heavy atom. The van der Waals surface area contributed by atoms with Crippen molar-refractivity contribution in [1.82, 2.24) is 0 Å². The molecule has 0 aliphatic rings. The lowest BCUT2D eigenvalue weighted by Crippen LogP contribution is -2.32. The van der Waals surface area contributed by atoms with Crippen LogP contribution in [0.1, 0.15) is 116 Å². The zero-order valence-electron chi connectivity index (χ0n) is 24.7. The third kappa shape index (κ3) is 6.61. The Hall–Kier alpha value is -1.90. The van der Waals surface area contributed by atoms with Crippen LogP contribution in [0.15, 0.2) is 24.3 Å². The summed E-state index contributed by atoms with van der Waals surface area (Å²) in [6.07, 6.45) is 0. The predicted octanol–water partition coefficient (Wildman–Crippen LogP) is 9.07. The first-order valence-electron chi connectivity index (χ1n) is 12.8. The Balaban J connectivity index is 2.65. The molecular formula is C31H49BO2. The molecule has 0 bridgehead atoms. The minimum absolute atomic E-state index is 0.0436.